The molecule has 3 aromatic rings. The van der Waals surface area contributed by atoms with Gasteiger partial charge in [-0.05, 0) is 48.4 Å². The normalized spacial score (nSPS) is 10.9. The van der Waals surface area contributed by atoms with E-state index in [0.29, 0.717) is 17.1 Å². The smallest absolute Gasteiger partial charge is 0.161 e. The van der Waals surface area contributed by atoms with E-state index in [1.165, 1.54) is 6.07 Å². The molecule has 3 nitrogen and oxygen atoms in total. The lowest BCUT2D eigenvalue weighted by Gasteiger charge is -2.11. The molecule has 0 spiro atoms. The molecule has 132 valence electrons. The van der Waals surface area contributed by atoms with Gasteiger partial charge in [-0.3, -0.25) is 4.99 Å². The summed E-state index contributed by atoms with van der Waals surface area (Å²) in [6.45, 7) is 2.16. The van der Waals surface area contributed by atoms with E-state index in [9.17, 15) is 4.39 Å². The number of nitrogens with zero attached hydrogens (tertiary/aromatic N) is 1. The molecule has 0 aliphatic heterocycles. The van der Waals surface area contributed by atoms with Gasteiger partial charge in [-0.1, -0.05) is 36.4 Å². The van der Waals surface area contributed by atoms with Crippen LogP contribution in [0.4, 0.5) is 10.1 Å². The lowest BCUT2D eigenvalue weighted by atomic mass is 10.2. The number of methoxy groups -OCH3 is 1. The van der Waals surface area contributed by atoms with Gasteiger partial charge in [-0.2, -0.15) is 0 Å². The Bertz CT molecular complexity index is 922. The maximum absolute atomic E-state index is 13.7. The molecule has 0 aromatic heterocycles. The number of ether oxygens (including phenoxy) is 2. The molecule has 0 atom stereocenters. The van der Waals surface area contributed by atoms with Crippen molar-refractivity contribution in [1.82, 2.24) is 0 Å². The predicted octanol–water partition coefficient (Wildman–Crippen LogP) is 5.47. The van der Waals surface area contributed by atoms with Gasteiger partial charge in [0.15, 0.2) is 11.5 Å². The molecule has 0 saturated heterocycles. The minimum absolute atomic E-state index is 0.139. The minimum Gasteiger partial charge on any atom is -0.493 e. The van der Waals surface area contributed by atoms with E-state index in [4.69, 9.17) is 9.47 Å². The van der Waals surface area contributed by atoms with Crippen LogP contribution in [-0.4, -0.2) is 13.3 Å². The molecule has 0 fully saturated rings. The summed E-state index contributed by atoms with van der Waals surface area (Å²) in [5, 5.41) is 0. The van der Waals surface area contributed by atoms with E-state index in [2.05, 4.69) is 4.99 Å². The Kier molecular flexibility index (Phi) is 5.64. The highest BCUT2D eigenvalue weighted by atomic mass is 19.1. The molecular weight excluding hydrogens is 329 g/mol. The van der Waals surface area contributed by atoms with E-state index >= 15 is 0 Å². The third-order valence-corrected chi connectivity index (χ3v) is 4.00. The number of rotatable bonds is 6. The SMILES string of the molecule is COc1cc(C=Nc2ccccc2C)ccc1OCc1ccccc1F. The Morgan fingerprint density at radius 1 is 0.962 bits per heavy atom. The van der Waals surface area contributed by atoms with Crippen molar-refractivity contribution in [3.8, 4) is 11.5 Å². The molecule has 0 N–H and O–H groups in total. The average molecular weight is 349 g/mol. The predicted molar refractivity (Wildman–Crippen MR) is 102 cm³/mol. The summed E-state index contributed by atoms with van der Waals surface area (Å²) in [7, 11) is 1.58. The van der Waals surface area contributed by atoms with Crippen molar-refractivity contribution in [3.63, 3.8) is 0 Å². The first-order valence-electron chi connectivity index (χ1n) is 8.31. The van der Waals surface area contributed by atoms with Crippen molar-refractivity contribution in [2.24, 2.45) is 4.99 Å². The Morgan fingerprint density at radius 2 is 1.73 bits per heavy atom. The summed E-state index contributed by atoms with van der Waals surface area (Å²) in [4.78, 5) is 4.52. The maximum atomic E-state index is 13.7. The molecule has 0 heterocycles. The standard InChI is InChI=1S/C22H20FNO2/c1-16-7-3-6-10-20(16)24-14-17-11-12-21(22(13-17)25-2)26-15-18-8-4-5-9-19(18)23/h3-14H,15H2,1-2H3. The van der Waals surface area contributed by atoms with Crippen molar-refractivity contribution in [3.05, 3.63) is 89.2 Å². The summed E-state index contributed by atoms with van der Waals surface area (Å²) in [5.74, 6) is 0.854. The molecular formula is C22H20FNO2. The Morgan fingerprint density at radius 3 is 2.50 bits per heavy atom. The van der Waals surface area contributed by atoms with E-state index in [1.54, 1.807) is 37.6 Å². The summed E-state index contributed by atoms with van der Waals surface area (Å²) >= 11 is 0. The minimum atomic E-state index is -0.284. The van der Waals surface area contributed by atoms with Gasteiger partial charge in [0.2, 0.25) is 0 Å². The van der Waals surface area contributed by atoms with Gasteiger partial charge in [0, 0.05) is 11.8 Å². The van der Waals surface area contributed by atoms with Gasteiger partial charge in [0.1, 0.15) is 12.4 Å². The van der Waals surface area contributed by atoms with Crippen LogP contribution in [-0.2, 0) is 6.61 Å². The zero-order valence-corrected chi connectivity index (χ0v) is 14.8. The second-order valence-electron chi connectivity index (χ2n) is 5.84. The van der Waals surface area contributed by atoms with Crippen LogP contribution in [0.2, 0.25) is 0 Å². The molecule has 0 radical (unpaired) electrons. The molecule has 3 rings (SSSR count). The highest BCUT2D eigenvalue weighted by Crippen LogP contribution is 2.29. The van der Waals surface area contributed by atoms with Gasteiger partial charge in [0.25, 0.3) is 0 Å². The van der Waals surface area contributed by atoms with Crippen molar-refractivity contribution in [2.45, 2.75) is 13.5 Å². The fourth-order valence-electron chi connectivity index (χ4n) is 2.51. The molecule has 4 heteroatoms. The van der Waals surface area contributed by atoms with Crippen molar-refractivity contribution < 1.29 is 13.9 Å². The number of aryl methyl sites for hydroxylation is 1. The van der Waals surface area contributed by atoms with Gasteiger partial charge in [-0.25, -0.2) is 4.39 Å². The number of hydrogen-bond donors (Lipinski definition) is 0. The van der Waals surface area contributed by atoms with Crippen LogP contribution in [0.3, 0.4) is 0 Å². The average Bonchev–Trinajstić information content (AvgIpc) is 2.67. The van der Waals surface area contributed by atoms with Crippen molar-refractivity contribution in [1.29, 1.82) is 0 Å². The van der Waals surface area contributed by atoms with E-state index in [-0.39, 0.29) is 12.4 Å². The van der Waals surface area contributed by atoms with E-state index in [0.717, 1.165) is 16.8 Å². The van der Waals surface area contributed by atoms with Gasteiger partial charge in [-0.15, -0.1) is 0 Å². The van der Waals surface area contributed by atoms with E-state index < -0.39 is 0 Å². The lowest BCUT2D eigenvalue weighted by molar-refractivity contribution is 0.279. The van der Waals surface area contributed by atoms with Crippen molar-refractivity contribution in [2.75, 3.05) is 7.11 Å². The molecule has 3 aromatic carbocycles. The lowest BCUT2D eigenvalue weighted by Crippen LogP contribution is -2.00. The first kappa shape index (κ1) is 17.7. The van der Waals surface area contributed by atoms with Crippen LogP contribution in [0.15, 0.2) is 71.7 Å². The number of halogens is 1. The number of para-hydroxylation sites is 1. The Labute approximate surface area is 152 Å². The molecule has 0 aliphatic rings. The van der Waals surface area contributed by atoms with Crippen molar-refractivity contribution >= 4 is 11.9 Å². The largest absolute Gasteiger partial charge is 0.493 e. The molecule has 26 heavy (non-hydrogen) atoms. The van der Waals surface area contributed by atoms with Crippen LogP contribution in [0.1, 0.15) is 16.7 Å². The highest BCUT2D eigenvalue weighted by molar-refractivity contribution is 5.83. The maximum Gasteiger partial charge on any atom is 0.161 e. The summed E-state index contributed by atoms with van der Waals surface area (Å²) in [5.41, 5.74) is 3.43. The molecule has 0 aliphatic carbocycles. The third-order valence-electron chi connectivity index (χ3n) is 4.00. The fraction of sp³-hybridized carbons (Fsp3) is 0.136. The zero-order valence-electron chi connectivity index (χ0n) is 14.8. The van der Waals surface area contributed by atoms with Crippen LogP contribution in [0.25, 0.3) is 0 Å². The summed E-state index contributed by atoms with van der Waals surface area (Å²) in [6, 6.07) is 20.0. The number of aliphatic imine (C=N–C) groups is 1. The number of benzene rings is 3. The van der Waals surface area contributed by atoms with E-state index in [1.807, 2.05) is 43.3 Å². The van der Waals surface area contributed by atoms with Crippen LogP contribution >= 0.6 is 0 Å². The fourth-order valence-corrected chi connectivity index (χ4v) is 2.51. The molecule has 0 unspecified atom stereocenters. The quantitative estimate of drug-likeness (QED) is 0.552. The molecule has 0 amide bonds. The Hall–Kier alpha value is -3.14. The first-order valence-corrected chi connectivity index (χ1v) is 8.31. The van der Waals surface area contributed by atoms with Gasteiger partial charge < -0.3 is 9.47 Å². The Balaban J connectivity index is 1.75. The topological polar surface area (TPSA) is 30.8 Å². The third kappa shape index (κ3) is 4.28. The summed E-state index contributed by atoms with van der Waals surface area (Å²) < 4.78 is 24.8. The second kappa shape index (κ2) is 8.30. The summed E-state index contributed by atoms with van der Waals surface area (Å²) in [6.07, 6.45) is 1.78. The zero-order chi connectivity index (χ0) is 18.4. The van der Waals surface area contributed by atoms with Crippen LogP contribution in [0.5, 0.6) is 11.5 Å². The molecule has 0 saturated carbocycles. The second-order valence-corrected chi connectivity index (χ2v) is 5.84. The monoisotopic (exact) mass is 349 g/mol. The first-order chi connectivity index (χ1) is 12.7. The van der Waals surface area contributed by atoms with Crippen LogP contribution in [0, 0.1) is 12.7 Å². The van der Waals surface area contributed by atoms with Gasteiger partial charge >= 0.3 is 0 Å². The molecule has 0 bridgehead atoms. The van der Waals surface area contributed by atoms with Crippen LogP contribution < -0.4 is 9.47 Å². The number of hydrogen-bond acceptors (Lipinski definition) is 3. The highest BCUT2D eigenvalue weighted by Gasteiger charge is 2.07. The van der Waals surface area contributed by atoms with Gasteiger partial charge in [0.05, 0.1) is 12.8 Å².